The van der Waals surface area contributed by atoms with E-state index in [9.17, 15) is 9.59 Å². The molecule has 2 heterocycles. The smallest absolute Gasteiger partial charge is 0.309 e. The molecule has 6 heteroatoms. The predicted molar refractivity (Wildman–Crippen MR) is 91.6 cm³/mol. The molecule has 1 amide bonds. The van der Waals surface area contributed by atoms with Gasteiger partial charge in [-0.15, -0.1) is 0 Å². The molecule has 0 spiro atoms. The lowest BCUT2D eigenvalue weighted by Gasteiger charge is -2.34. The fraction of sp³-hybridized carbons (Fsp3) is 0.889. The Kier molecular flexibility index (Phi) is 6.11. The number of carbonyl (C=O) groups is 2. The standard InChI is InChI=1S/C18H31N3O3/c1-2-24-18(23)14-5-9-20(10-6-14)13-17(22)19-15-7-11-21(12-8-15)16-3-4-16/h14-16H,2-13H2,1H3,(H,19,22). The molecule has 1 N–H and O–H groups in total. The molecule has 0 aromatic heterocycles. The van der Waals surface area contributed by atoms with E-state index in [1.165, 1.54) is 12.8 Å². The number of ether oxygens (including phenoxy) is 1. The van der Waals surface area contributed by atoms with Crippen LogP contribution in [0.2, 0.25) is 0 Å². The first-order valence-corrected chi connectivity index (χ1v) is 9.58. The number of carbonyl (C=O) groups excluding carboxylic acids is 2. The fourth-order valence-electron chi connectivity index (χ4n) is 3.91. The van der Waals surface area contributed by atoms with Crippen molar-refractivity contribution >= 4 is 11.9 Å². The first-order valence-electron chi connectivity index (χ1n) is 9.58. The van der Waals surface area contributed by atoms with Crippen LogP contribution in [-0.4, -0.2) is 73.1 Å². The number of nitrogens with one attached hydrogen (secondary N) is 1. The third-order valence-electron chi connectivity index (χ3n) is 5.53. The Morgan fingerprint density at radius 3 is 2.25 bits per heavy atom. The van der Waals surface area contributed by atoms with E-state index in [1.807, 2.05) is 6.92 Å². The van der Waals surface area contributed by atoms with Gasteiger partial charge in [0.25, 0.3) is 0 Å². The molecule has 0 aromatic rings. The minimum absolute atomic E-state index is 0.0102. The number of rotatable bonds is 6. The Hall–Kier alpha value is -1.14. The zero-order chi connectivity index (χ0) is 16.9. The second-order valence-corrected chi connectivity index (χ2v) is 7.41. The maximum atomic E-state index is 12.3. The number of esters is 1. The molecular formula is C18H31N3O3. The van der Waals surface area contributed by atoms with Gasteiger partial charge < -0.3 is 15.0 Å². The maximum absolute atomic E-state index is 12.3. The average molecular weight is 337 g/mol. The van der Waals surface area contributed by atoms with E-state index in [2.05, 4.69) is 15.1 Å². The van der Waals surface area contributed by atoms with E-state index in [0.717, 1.165) is 57.9 Å². The van der Waals surface area contributed by atoms with E-state index in [4.69, 9.17) is 4.74 Å². The molecular weight excluding hydrogens is 306 g/mol. The van der Waals surface area contributed by atoms with Crippen molar-refractivity contribution in [2.45, 2.75) is 57.5 Å². The SMILES string of the molecule is CCOC(=O)C1CCN(CC(=O)NC2CCN(C3CC3)CC2)CC1. The van der Waals surface area contributed by atoms with Crippen molar-refractivity contribution in [2.24, 2.45) is 5.92 Å². The summed E-state index contributed by atoms with van der Waals surface area (Å²) >= 11 is 0. The van der Waals surface area contributed by atoms with Crippen LogP contribution in [0.3, 0.4) is 0 Å². The minimum atomic E-state index is -0.0796. The third-order valence-corrected chi connectivity index (χ3v) is 5.53. The first kappa shape index (κ1) is 17.7. The Bertz CT molecular complexity index is 437. The van der Waals surface area contributed by atoms with Crippen LogP contribution in [0.1, 0.15) is 45.4 Å². The van der Waals surface area contributed by atoms with Gasteiger partial charge in [-0.2, -0.15) is 0 Å². The average Bonchev–Trinajstić information content (AvgIpc) is 3.41. The number of piperidine rings is 2. The van der Waals surface area contributed by atoms with Gasteiger partial charge in [-0.05, 0) is 58.5 Å². The topological polar surface area (TPSA) is 61.9 Å². The third kappa shape index (κ3) is 4.93. The van der Waals surface area contributed by atoms with Crippen LogP contribution in [0, 0.1) is 5.92 Å². The number of hydrogen-bond donors (Lipinski definition) is 1. The van der Waals surface area contributed by atoms with Gasteiger partial charge in [0, 0.05) is 25.2 Å². The first-order chi connectivity index (χ1) is 11.7. The molecule has 6 nitrogen and oxygen atoms in total. The molecule has 1 saturated carbocycles. The van der Waals surface area contributed by atoms with Crippen LogP contribution in [-0.2, 0) is 14.3 Å². The molecule has 136 valence electrons. The van der Waals surface area contributed by atoms with Crippen molar-refractivity contribution in [1.29, 1.82) is 0 Å². The van der Waals surface area contributed by atoms with E-state index < -0.39 is 0 Å². The summed E-state index contributed by atoms with van der Waals surface area (Å²) in [5.41, 5.74) is 0. The molecule has 3 fully saturated rings. The summed E-state index contributed by atoms with van der Waals surface area (Å²) in [5.74, 6) is 0.0643. The number of likely N-dealkylation sites (tertiary alicyclic amines) is 2. The van der Waals surface area contributed by atoms with Gasteiger partial charge in [0.2, 0.25) is 5.91 Å². The lowest BCUT2D eigenvalue weighted by Crippen LogP contribution is -2.49. The van der Waals surface area contributed by atoms with Gasteiger partial charge in [0.1, 0.15) is 0 Å². The lowest BCUT2D eigenvalue weighted by molar-refractivity contribution is -0.149. The van der Waals surface area contributed by atoms with Crippen molar-refractivity contribution in [3.8, 4) is 0 Å². The molecule has 0 bridgehead atoms. The summed E-state index contributed by atoms with van der Waals surface area (Å²) in [6.45, 7) is 6.60. The summed E-state index contributed by atoms with van der Waals surface area (Å²) < 4.78 is 5.09. The molecule has 0 atom stereocenters. The van der Waals surface area contributed by atoms with Gasteiger partial charge in [0.15, 0.2) is 0 Å². The van der Waals surface area contributed by atoms with Gasteiger partial charge in [-0.25, -0.2) is 0 Å². The Balaban J connectivity index is 1.32. The second kappa shape index (κ2) is 8.30. The molecule has 0 aromatic carbocycles. The van der Waals surface area contributed by atoms with Gasteiger partial charge in [-0.3, -0.25) is 14.5 Å². The molecule has 2 saturated heterocycles. The largest absolute Gasteiger partial charge is 0.466 e. The quantitative estimate of drug-likeness (QED) is 0.733. The van der Waals surface area contributed by atoms with Crippen molar-refractivity contribution in [2.75, 3.05) is 39.3 Å². The van der Waals surface area contributed by atoms with Gasteiger partial charge >= 0.3 is 5.97 Å². The molecule has 0 radical (unpaired) electrons. The summed E-state index contributed by atoms with van der Waals surface area (Å²) in [6.07, 6.45) is 6.47. The molecule has 24 heavy (non-hydrogen) atoms. The van der Waals surface area contributed by atoms with Crippen LogP contribution in [0.4, 0.5) is 0 Å². The van der Waals surface area contributed by atoms with Gasteiger partial charge in [0.05, 0.1) is 19.1 Å². The van der Waals surface area contributed by atoms with Crippen LogP contribution >= 0.6 is 0 Å². The summed E-state index contributed by atoms with van der Waals surface area (Å²) in [7, 11) is 0. The minimum Gasteiger partial charge on any atom is -0.466 e. The highest BCUT2D eigenvalue weighted by Crippen LogP contribution is 2.29. The summed E-state index contributed by atoms with van der Waals surface area (Å²) in [4.78, 5) is 28.7. The van der Waals surface area contributed by atoms with Crippen molar-refractivity contribution in [3.05, 3.63) is 0 Å². The molecule has 0 unspecified atom stereocenters. The zero-order valence-corrected chi connectivity index (χ0v) is 14.8. The highest BCUT2D eigenvalue weighted by molar-refractivity contribution is 5.78. The summed E-state index contributed by atoms with van der Waals surface area (Å²) in [5, 5.41) is 3.20. The highest BCUT2D eigenvalue weighted by Gasteiger charge is 2.32. The number of nitrogens with zero attached hydrogens (tertiary/aromatic N) is 2. The maximum Gasteiger partial charge on any atom is 0.309 e. The van der Waals surface area contributed by atoms with Crippen LogP contribution < -0.4 is 5.32 Å². The Morgan fingerprint density at radius 1 is 1.00 bits per heavy atom. The van der Waals surface area contributed by atoms with E-state index >= 15 is 0 Å². The Morgan fingerprint density at radius 2 is 1.67 bits per heavy atom. The predicted octanol–water partition coefficient (Wildman–Crippen LogP) is 1.00. The molecule has 3 rings (SSSR count). The van der Waals surface area contributed by atoms with Gasteiger partial charge in [-0.1, -0.05) is 0 Å². The zero-order valence-electron chi connectivity index (χ0n) is 14.8. The highest BCUT2D eigenvalue weighted by atomic mass is 16.5. The van der Waals surface area contributed by atoms with Crippen LogP contribution in [0.5, 0.6) is 0 Å². The van der Waals surface area contributed by atoms with E-state index in [1.54, 1.807) is 0 Å². The Labute approximate surface area is 144 Å². The van der Waals surface area contributed by atoms with E-state index in [-0.39, 0.29) is 17.8 Å². The molecule has 1 aliphatic carbocycles. The van der Waals surface area contributed by atoms with Crippen molar-refractivity contribution < 1.29 is 14.3 Å². The van der Waals surface area contributed by atoms with Crippen molar-refractivity contribution in [3.63, 3.8) is 0 Å². The fourth-order valence-corrected chi connectivity index (χ4v) is 3.91. The molecule has 3 aliphatic rings. The number of amides is 1. The van der Waals surface area contributed by atoms with Crippen molar-refractivity contribution in [1.82, 2.24) is 15.1 Å². The second-order valence-electron chi connectivity index (χ2n) is 7.41. The monoisotopic (exact) mass is 337 g/mol. The normalized spacial score (nSPS) is 24.7. The van der Waals surface area contributed by atoms with Crippen LogP contribution in [0.15, 0.2) is 0 Å². The lowest BCUT2D eigenvalue weighted by atomic mass is 9.97. The number of hydrogen-bond acceptors (Lipinski definition) is 5. The summed E-state index contributed by atoms with van der Waals surface area (Å²) in [6, 6.07) is 1.17. The molecule has 2 aliphatic heterocycles. The van der Waals surface area contributed by atoms with Crippen LogP contribution in [0.25, 0.3) is 0 Å². The van der Waals surface area contributed by atoms with E-state index in [0.29, 0.717) is 19.2 Å².